The lowest BCUT2D eigenvalue weighted by Crippen LogP contribution is -2.62. The maximum absolute atomic E-state index is 12.4. The second-order valence-corrected chi connectivity index (χ2v) is 9.37. The molecule has 1 amide bonds. The molecule has 0 unspecified atom stereocenters. The first-order valence-electron chi connectivity index (χ1n) is 6.74. The van der Waals surface area contributed by atoms with Crippen LogP contribution in [0.1, 0.15) is 46.5 Å². The third-order valence-electron chi connectivity index (χ3n) is 4.43. The first-order valence-corrected chi connectivity index (χ1v) is 9.04. The number of carbonyl (C=O) groups excluding carboxylic acids is 1. The van der Waals surface area contributed by atoms with Gasteiger partial charge in [0.25, 0.3) is 0 Å². The van der Waals surface area contributed by atoms with Crippen LogP contribution >= 0.6 is 12.2 Å². The number of thiocarbonyl (C=S) groups is 1. The molecule has 1 saturated carbocycles. The van der Waals surface area contributed by atoms with Gasteiger partial charge in [-0.15, -0.1) is 0 Å². The molecule has 1 aliphatic rings. The van der Waals surface area contributed by atoms with Crippen molar-refractivity contribution in [3.05, 3.63) is 0 Å². The molecule has 116 valence electrons. The van der Waals surface area contributed by atoms with Gasteiger partial charge < -0.3 is 11.1 Å². The van der Waals surface area contributed by atoms with Gasteiger partial charge in [-0.05, 0) is 45.4 Å². The van der Waals surface area contributed by atoms with Crippen molar-refractivity contribution in [2.24, 2.45) is 11.7 Å². The van der Waals surface area contributed by atoms with Crippen molar-refractivity contribution >= 4 is 33.0 Å². The minimum atomic E-state index is -3.51. The molecule has 0 aromatic carbocycles. The van der Waals surface area contributed by atoms with Crippen LogP contribution in [0.4, 0.5) is 0 Å². The number of hydrogen-bond acceptors (Lipinski definition) is 4. The summed E-state index contributed by atoms with van der Waals surface area (Å²) < 4.78 is 22.0. The van der Waals surface area contributed by atoms with Crippen LogP contribution < -0.4 is 11.1 Å². The van der Waals surface area contributed by atoms with Crippen molar-refractivity contribution in [1.29, 1.82) is 0 Å². The predicted molar refractivity (Wildman–Crippen MR) is 84.2 cm³/mol. The summed E-state index contributed by atoms with van der Waals surface area (Å²) in [6.45, 7) is 4.94. The Labute approximate surface area is 126 Å². The number of nitrogens with two attached hydrogens (primary N) is 1. The fourth-order valence-corrected chi connectivity index (χ4v) is 2.87. The van der Waals surface area contributed by atoms with E-state index >= 15 is 0 Å². The van der Waals surface area contributed by atoms with Crippen LogP contribution in [-0.4, -0.2) is 35.9 Å². The highest BCUT2D eigenvalue weighted by molar-refractivity contribution is 7.92. The lowest BCUT2D eigenvalue weighted by atomic mass is 9.76. The van der Waals surface area contributed by atoms with Crippen molar-refractivity contribution in [1.82, 2.24) is 5.32 Å². The third kappa shape index (κ3) is 3.31. The number of nitrogens with one attached hydrogen (secondary N) is 1. The Morgan fingerprint density at radius 1 is 1.35 bits per heavy atom. The van der Waals surface area contributed by atoms with E-state index in [9.17, 15) is 13.2 Å². The zero-order chi connectivity index (χ0) is 15.8. The van der Waals surface area contributed by atoms with Gasteiger partial charge in [-0.25, -0.2) is 8.42 Å². The molecule has 1 rings (SSSR count). The summed E-state index contributed by atoms with van der Waals surface area (Å²) in [5.74, 6) is 0.0275. The second kappa shape index (κ2) is 5.60. The maximum Gasteiger partial charge on any atom is 0.241 e. The van der Waals surface area contributed by atoms with E-state index in [-0.39, 0.29) is 4.99 Å². The topological polar surface area (TPSA) is 89.3 Å². The highest BCUT2D eigenvalue weighted by Crippen LogP contribution is 2.33. The Morgan fingerprint density at radius 2 is 1.80 bits per heavy atom. The minimum Gasteiger partial charge on any atom is -0.391 e. The molecule has 0 radical (unpaired) electrons. The Morgan fingerprint density at radius 3 is 2.15 bits per heavy atom. The van der Waals surface area contributed by atoms with E-state index in [2.05, 4.69) is 12.2 Å². The Kier molecular flexibility index (Phi) is 4.86. The van der Waals surface area contributed by atoms with Crippen LogP contribution in [0.3, 0.4) is 0 Å². The van der Waals surface area contributed by atoms with Crippen LogP contribution in [0.25, 0.3) is 0 Å². The predicted octanol–water partition coefficient (Wildman–Crippen LogP) is 1.16. The summed E-state index contributed by atoms with van der Waals surface area (Å²) in [5.41, 5.74) is 5.07. The van der Waals surface area contributed by atoms with Crippen molar-refractivity contribution in [3.8, 4) is 0 Å². The standard InChI is InChI=1S/C13H24N2O3S2/c1-9-5-7-13(8-6-9,10(14)19)15-11(16)12(2,3)20(4,17)18/h9H,5-8H2,1-4H3,(H2,14,19)(H,15,16). The van der Waals surface area contributed by atoms with Crippen LogP contribution in [0, 0.1) is 5.92 Å². The fraction of sp³-hybridized carbons (Fsp3) is 0.846. The van der Waals surface area contributed by atoms with Gasteiger partial charge in [0.05, 0.1) is 10.5 Å². The smallest absolute Gasteiger partial charge is 0.241 e. The monoisotopic (exact) mass is 320 g/mol. The summed E-state index contributed by atoms with van der Waals surface area (Å²) >= 11 is 5.11. The van der Waals surface area contributed by atoms with Gasteiger partial charge in [-0.2, -0.15) is 0 Å². The van der Waals surface area contributed by atoms with E-state index in [4.69, 9.17) is 18.0 Å². The Balaban J connectivity index is 2.99. The molecule has 3 N–H and O–H groups in total. The number of hydrogen-bond donors (Lipinski definition) is 2. The zero-order valence-electron chi connectivity index (χ0n) is 12.5. The molecule has 0 atom stereocenters. The Hall–Kier alpha value is -0.690. The number of rotatable bonds is 4. The summed E-state index contributed by atoms with van der Waals surface area (Å²) in [4.78, 5) is 12.6. The average molecular weight is 320 g/mol. The SMILES string of the molecule is CC1CCC(NC(=O)C(C)(C)S(C)(=O)=O)(C(N)=S)CC1. The molecule has 5 nitrogen and oxygen atoms in total. The normalized spacial score (nSPS) is 27.9. The van der Waals surface area contributed by atoms with Gasteiger partial charge in [-0.3, -0.25) is 4.79 Å². The zero-order valence-corrected chi connectivity index (χ0v) is 14.2. The van der Waals surface area contributed by atoms with Crippen LogP contribution in [0.2, 0.25) is 0 Å². The van der Waals surface area contributed by atoms with Gasteiger partial charge in [-0.1, -0.05) is 19.1 Å². The van der Waals surface area contributed by atoms with Crippen molar-refractivity contribution in [3.63, 3.8) is 0 Å². The van der Waals surface area contributed by atoms with Gasteiger partial charge in [0.15, 0.2) is 9.84 Å². The molecule has 0 aliphatic heterocycles. The van der Waals surface area contributed by atoms with Gasteiger partial charge in [0, 0.05) is 6.26 Å². The lowest BCUT2D eigenvalue weighted by Gasteiger charge is -2.41. The van der Waals surface area contributed by atoms with Gasteiger partial charge in [0.1, 0.15) is 4.75 Å². The lowest BCUT2D eigenvalue weighted by molar-refractivity contribution is -0.124. The maximum atomic E-state index is 12.4. The first kappa shape index (κ1) is 17.4. The van der Waals surface area contributed by atoms with Crippen molar-refractivity contribution in [2.45, 2.75) is 56.7 Å². The highest BCUT2D eigenvalue weighted by atomic mass is 32.2. The van der Waals surface area contributed by atoms with Crippen LogP contribution in [-0.2, 0) is 14.6 Å². The second-order valence-electron chi connectivity index (χ2n) is 6.37. The molecule has 0 bridgehead atoms. The Bertz CT molecular complexity index is 504. The quantitative estimate of drug-likeness (QED) is 0.759. The molecule has 0 saturated heterocycles. The molecule has 0 heterocycles. The molecular weight excluding hydrogens is 296 g/mol. The number of sulfone groups is 1. The molecule has 0 aromatic rings. The van der Waals surface area contributed by atoms with Gasteiger partial charge in [0.2, 0.25) is 5.91 Å². The summed E-state index contributed by atoms with van der Waals surface area (Å²) in [7, 11) is -3.51. The van der Waals surface area contributed by atoms with Gasteiger partial charge >= 0.3 is 0 Å². The molecular formula is C13H24N2O3S2. The number of amides is 1. The van der Waals surface area contributed by atoms with E-state index in [1.807, 2.05) is 0 Å². The molecule has 0 aromatic heterocycles. The van der Waals surface area contributed by atoms with Crippen molar-refractivity contribution in [2.75, 3.05) is 6.26 Å². The van der Waals surface area contributed by atoms with E-state index < -0.39 is 26.0 Å². The number of carbonyl (C=O) groups is 1. The highest BCUT2D eigenvalue weighted by Gasteiger charge is 2.45. The summed E-state index contributed by atoms with van der Waals surface area (Å²) in [6, 6.07) is 0. The third-order valence-corrected chi connectivity index (χ3v) is 6.86. The summed E-state index contributed by atoms with van der Waals surface area (Å²) in [5, 5.41) is 2.81. The first-order chi connectivity index (χ1) is 8.92. The van der Waals surface area contributed by atoms with Crippen molar-refractivity contribution < 1.29 is 13.2 Å². The largest absolute Gasteiger partial charge is 0.391 e. The fourth-order valence-electron chi connectivity index (χ4n) is 2.22. The molecule has 1 fully saturated rings. The van der Waals surface area contributed by atoms with Crippen LogP contribution in [0.5, 0.6) is 0 Å². The van der Waals surface area contributed by atoms with E-state index in [0.29, 0.717) is 18.8 Å². The molecule has 20 heavy (non-hydrogen) atoms. The molecule has 1 aliphatic carbocycles. The van der Waals surface area contributed by atoms with E-state index in [1.165, 1.54) is 13.8 Å². The molecule has 7 heteroatoms. The summed E-state index contributed by atoms with van der Waals surface area (Å²) in [6.07, 6.45) is 4.21. The van der Waals surface area contributed by atoms with E-state index in [0.717, 1.165) is 19.1 Å². The minimum absolute atomic E-state index is 0.238. The molecule has 0 spiro atoms. The van der Waals surface area contributed by atoms with E-state index in [1.54, 1.807) is 0 Å². The van der Waals surface area contributed by atoms with Crippen LogP contribution in [0.15, 0.2) is 0 Å². The average Bonchev–Trinajstić information content (AvgIpc) is 2.30.